The summed E-state index contributed by atoms with van der Waals surface area (Å²) in [6, 6.07) is 15.4. The van der Waals surface area contributed by atoms with Crippen molar-refractivity contribution >= 4 is 12.1 Å². The van der Waals surface area contributed by atoms with Gasteiger partial charge in [0.1, 0.15) is 26.9 Å². The maximum Gasteiger partial charge on any atom is 0.328 e. The number of urea groups is 2. The van der Waals surface area contributed by atoms with Gasteiger partial charge in [0.15, 0.2) is 11.3 Å². The van der Waals surface area contributed by atoms with Crippen molar-refractivity contribution in [3.8, 4) is 0 Å². The van der Waals surface area contributed by atoms with Crippen LogP contribution in [0.15, 0.2) is 60.7 Å². The molecule has 0 bridgehead atoms. The molecule has 0 aliphatic carbocycles. The Morgan fingerprint density at radius 2 is 0.800 bits per heavy atom. The van der Waals surface area contributed by atoms with Gasteiger partial charge in [-0.3, -0.25) is 19.6 Å². The monoisotopic (exact) mass is 414 g/mol. The summed E-state index contributed by atoms with van der Waals surface area (Å²) >= 11 is 0. The molecule has 2 aromatic rings. The highest BCUT2D eigenvalue weighted by Crippen LogP contribution is 2.61. The lowest BCUT2D eigenvalue weighted by atomic mass is 9.80. The average Bonchev–Trinajstić information content (AvgIpc) is 3.14. The maximum absolute atomic E-state index is 13.4. The van der Waals surface area contributed by atoms with E-state index in [-0.39, 0.29) is 0 Å². The highest BCUT2D eigenvalue weighted by Gasteiger charge is 2.79. The van der Waals surface area contributed by atoms with Crippen molar-refractivity contribution in [3.05, 3.63) is 71.8 Å². The second-order valence-electron chi connectivity index (χ2n) is 6.92. The molecule has 10 nitrogen and oxygen atoms in total. The standard InChI is InChI=1S/C20H22N4O6/c25-11-21-17(29)23(13-27)20(16-9-5-2-6-10-16)19(21,15-7-3-1-4-8-15)22(12-26)18(30)24(20)14-28/h1-10,25-28H,11-14H2. The maximum atomic E-state index is 13.4. The van der Waals surface area contributed by atoms with E-state index in [1.165, 1.54) is 0 Å². The molecule has 0 spiro atoms. The van der Waals surface area contributed by atoms with E-state index < -0.39 is 50.3 Å². The number of carbonyl (C=O) groups excluding carboxylic acids is 2. The first-order chi connectivity index (χ1) is 14.6. The van der Waals surface area contributed by atoms with Crippen LogP contribution in [0.1, 0.15) is 11.1 Å². The lowest BCUT2D eigenvalue weighted by molar-refractivity contribution is -0.132. The van der Waals surface area contributed by atoms with Crippen LogP contribution in [0, 0.1) is 0 Å². The Hall–Kier alpha value is -3.18. The molecule has 4 rings (SSSR count). The number of aliphatic hydroxyl groups is 4. The molecule has 0 saturated carbocycles. The molecule has 2 fully saturated rings. The summed E-state index contributed by atoms with van der Waals surface area (Å²) in [6.45, 7) is -3.21. The largest absolute Gasteiger partial charge is 0.376 e. The summed E-state index contributed by atoms with van der Waals surface area (Å²) in [6.07, 6.45) is 0. The number of benzene rings is 2. The first-order valence-electron chi connectivity index (χ1n) is 9.30. The summed E-state index contributed by atoms with van der Waals surface area (Å²) < 4.78 is 0. The number of hydrogen-bond donors (Lipinski definition) is 4. The molecule has 2 heterocycles. The number of amides is 4. The fourth-order valence-electron chi connectivity index (χ4n) is 4.91. The quantitative estimate of drug-likeness (QED) is 0.526. The molecule has 30 heavy (non-hydrogen) atoms. The van der Waals surface area contributed by atoms with Crippen LogP contribution in [0.3, 0.4) is 0 Å². The van der Waals surface area contributed by atoms with Gasteiger partial charge in [-0.25, -0.2) is 9.59 Å². The zero-order valence-corrected chi connectivity index (χ0v) is 16.0. The van der Waals surface area contributed by atoms with E-state index in [0.717, 1.165) is 19.6 Å². The molecule has 4 N–H and O–H groups in total. The van der Waals surface area contributed by atoms with Gasteiger partial charge in [0.2, 0.25) is 0 Å². The molecule has 10 heteroatoms. The van der Waals surface area contributed by atoms with Gasteiger partial charge in [-0.1, -0.05) is 60.7 Å². The summed E-state index contributed by atoms with van der Waals surface area (Å²) in [4.78, 5) is 30.8. The van der Waals surface area contributed by atoms with E-state index >= 15 is 0 Å². The minimum atomic E-state index is -1.78. The predicted octanol–water partition coefficient (Wildman–Crippen LogP) is -0.0332. The third kappa shape index (κ3) is 2.10. The Morgan fingerprint density at radius 3 is 1.03 bits per heavy atom. The normalized spacial score (nSPS) is 26.0. The second kappa shape index (κ2) is 7.26. The number of carbonyl (C=O) groups is 2. The highest BCUT2D eigenvalue weighted by molar-refractivity contribution is 5.89. The molecular formula is C20H22N4O6. The summed E-state index contributed by atoms with van der Waals surface area (Å²) in [5.41, 5.74) is -2.74. The fourth-order valence-corrected chi connectivity index (χ4v) is 4.91. The molecule has 4 amide bonds. The molecule has 158 valence electrons. The van der Waals surface area contributed by atoms with Crippen molar-refractivity contribution in [3.63, 3.8) is 0 Å². The van der Waals surface area contributed by atoms with Gasteiger partial charge in [0.25, 0.3) is 0 Å². The minimum Gasteiger partial charge on any atom is -0.376 e. The first-order valence-corrected chi connectivity index (χ1v) is 9.30. The molecular weight excluding hydrogens is 392 g/mol. The van der Waals surface area contributed by atoms with Crippen molar-refractivity contribution in [2.45, 2.75) is 11.3 Å². The van der Waals surface area contributed by atoms with Gasteiger partial charge in [-0.2, -0.15) is 0 Å². The van der Waals surface area contributed by atoms with E-state index in [1.54, 1.807) is 60.7 Å². The summed E-state index contributed by atoms with van der Waals surface area (Å²) in [7, 11) is 0. The molecule has 2 saturated heterocycles. The SMILES string of the molecule is O=C1N(CO)C2(c3ccccc3)N(CO)C(=O)N(CO)C2(c2ccccc2)N1CO. The summed E-state index contributed by atoms with van der Waals surface area (Å²) in [5.74, 6) is 0. The lowest BCUT2D eigenvalue weighted by Crippen LogP contribution is -2.64. The Balaban J connectivity index is 2.21. The van der Waals surface area contributed by atoms with Crippen LogP contribution in [0.5, 0.6) is 0 Å². The first kappa shape index (κ1) is 20.1. The number of fused-ring (bicyclic) bond motifs is 1. The van der Waals surface area contributed by atoms with Crippen LogP contribution in [0.2, 0.25) is 0 Å². The Morgan fingerprint density at radius 1 is 0.533 bits per heavy atom. The number of hydrogen-bond acceptors (Lipinski definition) is 6. The Bertz CT molecular complexity index is 835. The smallest absolute Gasteiger partial charge is 0.328 e. The van der Waals surface area contributed by atoms with Crippen LogP contribution in [0.25, 0.3) is 0 Å². The third-order valence-corrected chi connectivity index (χ3v) is 5.89. The second-order valence-corrected chi connectivity index (χ2v) is 6.92. The van der Waals surface area contributed by atoms with Crippen molar-refractivity contribution in [2.24, 2.45) is 0 Å². The molecule has 2 aliphatic rings. The zero-order chi connectivity index (χ0) is 21.5. The van der Waals surface area contributed by atoms with Crippen molar-refractivity contribution < 1.29 is 30.0 Å². The van der Waals surface area contributed by atoms with Crippen LogP contribution < -0.4 is 0 Å². The molecule has 0 unspecified atom stereocenters. The Kier molecular flexibility index (Phi) is 4.86. The van der Waals surface area contributed by atoms with Crippen molar-refractivity contribution in [2.75, 3.05) is 26.9 Å². The third-order valence-electron chi connectivity index (χ3n) is 5.89. The van der Waals surface area contributed by atoms with E-state index in [2.05, 4.69) is 0 Å². The topological polar surface area (TPSA) is 128 Å². The van der Waals surface area contributed by atoms with Gasteiger partial charge in [-0.05, 0) is 0 Å². The van der Waals surface area contributed by atoms with E-state index in [0.29, 0.717) is 11.1 Å². The molecule has 0 radical (unpaired) electrons. The Labute approximate surface area is 172 Å². The van der Waals surface area contributed by atoms with Gasteiger partial charge in [0, 0.05) is 11.1 Å². The molecule has 2 aromatic carbocycles. The van der Waals surface area contributed by atoms with Gasteiger partial charge in [0.05, 0.1) is 0 Å². The number of nitrogens with zero attached hydrogens (tertiary/aromatic N) is 4. The van der Waals surface area contributed by atoms with Gasteiger partial charge < -0.3 is 20.4 Å². The fraction of sp³-hybridized carbons (Fsp3) is 0.300. The highest BCUT2D eigenvalue weighted by atomic mass is 16.3. The molecule has 0 aromatic heterocycles. The predicted molar refractivity (Wildman–Crippen MR) is 103 cm³/mol. The van der Waals surface area contributed by atoms with Crippen LogP contribution >= 0.6 is 0 Å². The average molecular weight is 414 g/mol. The molecule has 2 aliphatic heterocycles. The zero-order valence-electron chi connectivity index (χ0n) is 16.0. The van der Waals surface area contributed by atoms with Crippen molar-refractivity contribution in [1.82, 2.24) is 19.6 Å². The van der Waals surface area contributed by atoms with Crippen LogP contribution in [-0.4, -0.2) is 79.0 Å². The summed E-state index contributed by atoms with van der Waals surface area (Å²) in [5, 5.41) is 41.0. The van der Waals surface area contributed by atoms with Crippen LogP contribution in [0.4, 0.5) is 9.59 Å². The van der Waals surface area contributed by atoms with Gasteiger partial charge in [-0.15, -0.1) is 0 Å². The van der Waals surface area contributed by atoms with E-state index in [1.807, 2.05) is 0 Å². The van der Waals surface area contributed by atoms with Crippen LogP contribution in [-0.2, 0) is 11.3 Å². The molecule has 0 atom stereocenters. The van der Waals surface area contributed by atoms with Gasteiger partial charge >= 0.3 is 12.1 Å². The number of rotatable bonds is 6. The van der Waals surface area contributed by atoms with Crippen molar-refractivity contribution in [1.29, 1.82) is 0 Å². The number of aliphatic hydroxyl groups excluding tert-OH is 4. The van der Waals surface area contributed by atoms with E-state index in [9.17, 15) is 30.0 Å². The lowest BCUT2D eigenvalue weighted by Gasteiger charge is -2.49. The van der Waals surface area contributed by atoms with E-state index in [4.69, 9.17) is 0 Å². The minimum absolute atomic E-state index is 0.408.